The number of fused-ring (bicyclic) bond motifs is 2. The lowest BCUT2D eigenvalue weighted by molar-refractivity contribution is 0.0126. The average Bonchev–Trinajstić information content (AvgIpc) is 3.46. The molecule has 1 fully saturated rings. The Morgan fingerprint density at radius 1 is 1.11 bits per heavy atom. The van der Waals surface area contributed by atoms with Crippen LogP contribution in [-0.4, -0.2) is 37.8 Å². The van der Waals surface area contributed by atoms with E-state index in [9.17, 15) is 9.59 Å². The van der Waals surface area contributed by atoms with Gasteiger partial charge in [0.25, 0.3) is 5.91 Å². The summed E-state index contributed by atoms with van der Waals surface area (Å²) in [5, 5.41) is 3.95. The fraction of sp³-hybridized carbons (Fsp3) is 0.310. The highest BCUT2D eigenvalue weighted by Gasteiger charge is 2.55. The third kappa shape index (κ3) is 3.41. The average molecular weight is 481 g/mol. The van der Waals surface area contributed by atoms with Crippen molar-refractivity contribution in [1.29, 1.82) is 0 Å². The zero-order chi connectivity index (χ0) is 24.9. The fourth-order valence-corrected chi connectivity index (χ4v) is 5.96. The molecule has 6 rings (SSSR count). The van der Waals surface area contributed by atoms with Gasteiger partial charge in [0.1, 0.15) is 11.8 Å². The topological polar surface area (TPSA) is 81.2 Å². The van der Waals surface area contributed by atoms with Crippen LogP contribution in [0.3, 0.4) is 0 Å². The normalized spacial score (nSPS) is 21.6. The van der Waals surface area contributed by atoms with Crippen molar-refractivity contribution >= 4 is 11.7 Å². The number of aryl methyl sites for hydroxylation is 2. The van der Waals surface area contributed by atoms with Gasteiger partial charge in [-0.1, -0.05) is 47.5 Å². The molecule has 0 bridgehead atoms. The Balaban J connectivity index is 1.56. The first-order chi connectivity index (χ1) is 17.5. The zero-order valence-corrected chi connectivity index (χ0v) is 20.5. The van der Waals surface area contributed by atoms with Crippen LogP contribution < -0.4 is 0 Å². The molecule has 2 aliphatic heterocycles. The zero-order valence-electron chi connectivity index (χ0n) is 20.5. The van der Waals surface area contributed by atoms with Crippen LogP contribution in [0, 0.1) is 19.8 Å². The molecular formula is C29H28N4O3. The summed E-state index contributed by atoms with van der Waals surface area (Å²) < 4.78 is 7.15. The predicted molar refractivity (Wildman–Crippen MR) is 134 cm³/mol. The number of pyridine rings is 1. The number of carbonyl (C=O) groups excluding carboxylic acids is 2. The third-order valence-corrected chi connectivity index (χ3v) is 7.80. The molecular weight excluding hydrogens is 452 g/mol. The van der Waals surface area contributed by atoms with Gasteiger partial charge in [0.2, 0.25) is 0 Å². The van der Waals surface area contributed by atoms with Gasteiger partial charge in [0.15, 0.2) is 5.78 Å². The van der Waals surface area contributed by atoms with Gasteiger partial charge in [-0.05, 0) is 50.5 Å². The van der Waals surface area contributed by atoms with Crippen molar-refractivity contribution in [2.45, 2.75) is 45.2 Å². The second kappa shape index (κ2) is 8.59. The van der Waals surface area contributed by atoms with Crippen molar-refractivity contribution < 1.29 is 14.1 Å². The van der Waals surface area contributed by atoms with Gasteiger partial charge in [-0.3, -0.25) is 14.6 Å². The van der Waals surface area contributed by atoms with Crippen LogP contribution in [0.4, 0.5) is 0 Å². The minimum absolute atomic E-state index is 0.0748. The van der Waals surface area contributed by atoms with Crippen molar-refractivity contribution in [3.05, 3.63) is 95.3 Å². The molecule has 36 heavy (non-hydrogen) atoms. The molecule has 182 valence electrons. The summed E-state index contributed by atoms with van der Waals surface area (Å²) in [4.78, 5) is 34.7. The summed E-state index contributed by atoms with van der Waals surface area (Å²) in [6.07, 6.45) is 7.62. The van der Waals surface area contributed by atoms with Crippen LogP contribution >= 0.6 is 0 Å². The highest BCUT2D eigenvalue weighted by molar-refractivity contribution is 6.01. The van der Waals surface area contributed by atoms with E-state index in [1.165, 1.54) is 6.26 Å². The first kappa shape index (κ1) is 22.5. The highest BCUT2D eigenvalue weighted by atomic mass is 16.5. The summed E-state index contributed by atoms with van der Waals surface area (Å²) in [6, 6.07) is 16.0. The Hall–Kier alpha value is -4.00. The Kier molecular flexibility index (Phi) is 5.36. The number of hydrogen-bond acceptors (Lipinski definition) is 5. The van der Waals surface area contributed by atoms with Crippen LogP contribution in [0.25, 0.3) is 11.3 Å². The standard InChI is InChI=1S/C29H28N4O3/c1-19-9-11-22(12-10-19)29-18-32-16-21(25-8-3-5-13-30-25)15-26(32)27(34)24(29)7-4-6-14-33(29)28(35)23-17-36-31-20(23)2/h3,5,8-13,15-17,24H,4,6-7,14,18H2,1-2H3. The molecule has 1 amide bonds. The molecule has 5 heterocycles. The summed E-state index contributed by atoms with van der Waals surface area (Å²) in [6.45, 7) is 4.87. The molecule has 0 spiro atoms. The molecule has 3 aromatic heterocycles. The lowest BCUT2D eigenvalue weighted by Crippen LogP contribution is -2.60. The first-order valence-corrected chi connectivity index (χ1v) is 12.4. The molecule has 4 aromatic rings. The Labute approximate surface area is 209 Å². The van der Waals surface area contributed by atoms with Gasteiger partial charge in [-0.25, -0.2) is 0 Å². The lowest BCUT2D eigenvalue weighted by atomic mass is 9.70. The molecule has 2 atom stereocenters. The Morgan fingerprint density at radius 2 is 1.94 bits per heavy atom. The third-order valence-electron chi connectivity index (χ3n) is 7.80. The van der Waals surface area contributed by atoms with Crippen LogP contribution in [0.15, 0.2) is 71.7 Å². The number of benzene rings is 1. The number of Topliss-reactive ketones (excluding diaryl/α,β-unsaturated/α-hetero) is 1. The quantitative estimate of drug-likeness (QED) is 0.403. The number of carbonyl (C=O) groups is 2. The van der Waals surface area contributed by atoms with Gasteiger partial charge in [0, 0.05) is 24.5 Å². The smallest absolute Gasteiger partial charge is 0.259 e. The monoisotopic (exact) mass is 480 g/mol. The molecule has 2 aliphatic rings. The van der Waals surface area contributed by atoms with Gasteiger partial charge >= 0.3 is 0 Å². The van der Waals surface area contributed by atoms with E-state index in [-0.39, 0.29) is 17.6 Å². The van der Waals surface area contributed by atoms with Crippen LogP contribution in [0.2, 0.25) is 0 Å². The van der Waals surface area contributed by atoms with Gasteiger partial charge in [-0.2, -0.15) is 0 Å². The molecule has 0 N–H and O–H groups in total. The molecule has 0 radical (unpaired) electrons. The Bertz CT molecular complexity index is 1440. The van der Waals surface area contributed by atoms with E-state index >= 15 is 0 Å². The predicted octanol–water partition coefficient (Wildman–Crippen LogP) is 5.19. The lowest BCUT2D eigenvalue weighted by Gasteiger charge is -2.50. The van der Waals surface area contributed by atoms with Crippen molar-refractivity contribution in [3.8, 4) is 11.3 Å². The van der Waals surface area contributed by atoms with Crippen molar-refractivity contribution in [2.75, 3.05) is 6.54 Å². The van der Waals surface area contributed by atoms with Crippen molar-refractivity contribution in [1.82, 2.24) is 19.6 Å². The number of likely N-dealkylation sites (tertiary alicyclic amines) is 1. The van der Waals surface area contributed by atoms with E-state index in [4.69, 9.17) is 4.52 Å². The second-order valence-corrected chi connectivity index (χ2v) is 9.93. The van der Waals surface area contributed by atoms with Crippen molar-refractivity contribution in [2.24, 2.45) is 5.92 Å². The van der Waals surface area contributed by atoms with E-state index in [2.05, 4.69) is 34.4 Å². The van der Waals surface area contributed by atoms with Crippen LogP contribution in [0.5, 0.6) is 0 Å². The highest BCUT2D eigenvalue weighted by Crippen LogP contribution is 2.48. The fourth-order valence-electron chi connectivity index (χ4n) is 5.96. The Morgan fingerprint density at radius 3 is 2.67 bits per heavy atom. The summed E-state index contributed by atoms with van der Waals surface area (Å²) in [5.74, 6) is -0.425. The maximum absolute atomic E-state index is 14.2. The van der Waals surface area contributed by atoms with E-state index in [0.29, 0.717) is 30.0 Å². The van der Waals surface area contributed by atoms with Gasteiger partial charge in [0.05, 0.1) is 35.1 Å². The SMILES string of the molecule is Cc1ccc(C23Cn4cc(-c5ccccn5)cc4C(=O)C2CCCCN3C(=O)c2conc2C)cc1. The van der Waals surface area contributed by atoms with Crippen LogP contribution in [0.1, 0.15) is 56.9 Å². The van der Waals surface area contributed by atoms with E-state index in [1.54, 1.807) is 13.1 Å². The molecule has 0 aliphatic carbocycles. The number of hydrogen-bond donors (Lipinski definition) is 0. The molecule has 2 unspecified atom stereocenters. The van der Waals surface area contributed by atoms with Gasteiger partial charge < -0.3 is 14.0 Å². The number of nitrogens with zero attached hydrogens (tertiary/aromatic N) is 4. The largest absolute Gasteiger partial charge is 0.364 e. The minimum Gasteiger partial charge on any atom is -0.364 e. The minimum atomic E-state index is -0.824. The van der Waals surface area contributed by atoms with E-state index in [1.807, 2.05) is 46.9 Å². The van der Waals surface area contributed by atoms with Crippen molar-refractivity contribution in [3.63, 3.8) is 0 Å². The number of rotatable bonds is 3. The van der Waals surface area contributed by atoms with E-state index in [0.717, 1.165) is 41.6 Å². The van der Waals surface area contributed by atoms with Crippen LogP contribution in [-0.2, 0) is 12.1 Å². The summed E-state index contributed by atoms with van der Waals surface area (Å²) in [7, 11) is 0. The number of amides is 1. The van der Waals surface area contributed by atoms with E-state index < -0.39 is 5.54 Å². The number of ketones is 1. The maximum atomic E-state index is 14.2. The molecule has 1 saturated heterocycles. The number of aromatic nitrogens is 3. The second-order valence-electron chi connectivity index (χ2n) is 9.93. The summed E-state index contributed by atoms with van der Waals surface area (Å²) >= 11 is 0. The maximum Gasteiger partial charge on any atom is 0.259 e. The molecule has 7 heteroatoms. The molecule has 1 aromatic carbocycles. The molecule has 7 nitrogen and oxygen atoms in total. The first-order valence-electron chi connectivity index (χ1n) is 12.4. The summed E-state index contributed by atoms with van der Waals surface area (Å²) in [5.41, 5.74) is 4.70. The molecule has 0 saturated carbocycles. The van der Waals surface area contributed by atoms with Gasteiger partial charge in [-0.15, -0.1) is 0 Å².